The van der Waals surface area contributed by atoms with Crippen molar-refractivity contribution in [1.82, 2.24) is 10.2 Å². The first-order valence-corrected chi connectivity index (χ1v) is 7.25. The van der Waals surface area contributed by atoms with Crippen LogP contribution in [0.3, 0.4) is 0 Å². The maximum Gasteiger partial charge on any atom is 0.150 e. The van der Waals surface area contributed by atoms with Gasteiger partial charge in [0, 0.05) is 18.3 Å². The summed E-state index contributed by atoms with van der Waals surface area (Å²) in [6.07, 6.45) is 1.66. The van der Waals surface area contributed by atoms with E-state index >= 15 is 0 Å². The van der Waals surface area contributed by atoms with Crippen molar-refractivity contribution in [2.45, 2.75) is 25.8 Å². The highest BCUT2D eigenvalue weighted by atomic mass is 32.2. The molecule has 5 heteroatoms. The average Bonchev–Trinajstić information content (AvgIpc) is 2.15. The van der Waals surface area contributed by atoms with Crippen LogP contribution in [0.25, 0.3) is 0 Å². The summed E-state index contributed by atoms with van der Waals surface area (Å²) in [4.78, 5) is 2.11. The number of likely N-dealkylation sites (N-methyl/N-ethyl adjacent to an activating group) is 2. The van der Waals surface area contributed by atoms with E-state index in [9.17, 15) is 8.42 Å². The lowest BCUT2D eigenvalue weighted by atomic mass is 10.1. The SMILES string of the molecule is CCS(=O)(=O)CCCC(CN(C)C)NC. The van der Waals surface area contributed by atoms with Crippen LogP contribution in [-0.2, 0) is 9.84 Å². The van der Waals surface area contributed by atoms with Gasteiger partial charge in [-0.3, -0.25) is 0 Å². The van der Waals surface area contributed by atoms with Crippen molar-refractivity contribution >= 4 is 9.84 Å². The first kappa shape index (κ1) is 14.9. The van der Waals surface area contributed by atoms with Gasteiger partial charge in [-0.15, -0.1) is 0 Å². The van der Waals surface area contributed by atoms with Gasteiger partial charge in [0.2, 0.25) is 0 Å². The van der Waals surface area contributed by atoms with Gasteiger partial charge < -0.3 is 10.2 Å². The Morgan fingerprint density at radius 1 is 1.33 bits per heavy atom. The highest BCUT2D eigenvalue weighted by Gasteiger charge is 2.11. The molecular formula is C10H24N2O2S. The summed E-state index contributed by atoms with van der Waals surface area (Å²) in [5.41, 5.74) is 0. The number of nitrogens with zero attached hydrogens (tertiary/aromatic N) is 1. The molecule has 0 aliphatic carbocycles. The smallest absolute Gasteiger partial charge is 0.150 e. The quantitative estimate of drug-likeness (QED) is 0.661. The molecule has 0 aliphatic rings. The van der Waals surface area contributed by atoms with Crippen LogP contribution < -0.4 is 5.32 Å². The second kappa shape index (κ2) is 7.19. The van der Waals surface area contributed by atoms with E-state index in [1.807, 2.05) is 21.1 Å². The van der Waals surface area contributed by atoms with Crippen LogP contribution in [0.1, 0.15) is 19.8 Å². The van der Waals surface area contributed by atoms with Crippen LogP contribution in [0, 0.1) is 0 Å². The van der Waals surface area contributed by atoms with Crippen molar-refractivity contribution in [3.63, 3.8) is 0 Å². The van der Waals surface area contributed by atoms with Gasteiger partial charge in [0.05, 0.1) is 5.75 Å². The van der Waals surface area contributed by atoms with Gasteiger partial charge in [-0.05, 0) is 34.0 Å². The second-order valence-corrected chi connectivity index (χ2v) is 6.60. The summed E-state index contributed by atoms with van der Waals surface area (Å²) in [5, 5.41) is 3.20. The predicted octanol–water partition coefficient (Wildman–Crippen LogP) is 0.351. The minimum absolute atomic E-state index is 0.255. The van der Waals surface area contributed by atoms with E-state index in [1.165, 1.54) is 0 Å². The molecule has 0 amide bonds. The molecular weight excluding hydrogens is 212 g/mol. The highest BCUT2D eigenvalue weighted by Crippen LogP contribution is 2.02. The molecule has 15 heavy (non-hydrogen) atoms. The third-order valence-corrected chi connectivity index (χ3v) is 4.23. The maximum atomic E-state index is 11.3. The Bertz CT molecular complexity index is 250. The summed E-state index contributed by atoms with van der Waals surface area (Å²) in [5.74, 6) is 0.569. The Labute approximate surface area is 94.0 Å². The first-order valence-electron chi connectivity index (χ1n) is 5.43. The summed E-state index contributed by atoms with van der Waals surface area (Å²) >= 11 is 0. The predicted molar refractivity (Wildman–Crippen MR) is 65.0 cm³/mol. The Morgan fingerprint density at radius 3 is 2.33 bits per heavy atom. The monoisotopic (exact) mass is 236 g/mol. The average molecular weight is 236 g/mol. The molecule has 0 rings (SSSR count). The molecule has 0 aromatic carbocycles. The van der Waals surface area contributed by atoms with E-state index < -0.39 is 9.84 Å². The third kappa shape index (κ3) is 7.76. The van der Waals surface area contributed by atoms with Gasteiger partial charge in [-0.2, -0.15) is 0 Å². The van der Waals surface area contributed by atoms with Crippen LogP contribution in [-0.4, -0.2) is 58.6 Å². The lowest BCUT2D eigenvalue weighted by molar-refractivity contribution is 0.336. The summed E-state index contributed by atoms with van der Waals surface area (Å²) in [6.45, 7) is 2.65. The van der Waals surface area contributed by atoms with Crippen molar-refractivity contribution in [2.75, 3.05) is 39.2 Å². The normalized spacial score (nSPS) is 14.5. The Balaban J connectivity index is 3.82. The molecule has 1 N–H and O–H groups in total. The molecule has 0 aromatic rings. The number of nitrogens with one attached hydrogen (secondary N) is 1. The fourth-order valence-electron chi connectivity index (χ4n) is 1.46. The second-order valence-electron chi connectivity index (χ2n) is 4.13. The van der Waals surface area contributed by atoms with Gasteiger partial charge in [0.25, 0.3) is 0 Å². The highest BCUT2D eigenvalue weighted by molar-refractivity contribution is 7.91. The molecule has 0 aliphatic heterocycles. The Morgan fingerprint density at radius 2 is 1.93 bits per heavy atom. The maximum absolute atomic E-state index is 11.3. The number of hydrogen-bond donors (Lipinski definition) is 1. The zero-order chi connectivity index (χ0) is 11.9. The molecule has 1 atom stereocenters. The van der Waals surface area contributed by atoms with Crippen LogP contribution >= 0.6 is 0 Å². The van der Waals surface area contributed by atoms with Crippen LogP contribution in [0.5, 0.6) is 0 Å². The molecule has 0 radical (unpaired) electrons. The molecule has 92 valence electrons. The number of sulfone groups is 1. The van der Waals surface area contributed by atoms with Gasteiger partial charge >= 0.3 is 0 Å². The molecule has 0 bridgehead atoms. The fraction of sp³-hybridized carbons (Fsp3) is 1.00. The first-order chi connectivity index (χ1) is 6.91. The van der Waals surface area contributed by atoms with Crippen LogP contribution in [0.4, 0.5) is 0 Å². The zero-order valence-corrected chi connectivity index (χ0v) is 11.1. The van der Waals surface area contributed by atoms with Gasteiger partial charge in [0.1, 0.15) is 9.84 Å². The molecule has 0 aromatic heterocycles. The summed E-state index contributed by atoms with van der Waals surface area (Å²) in [7, 11) is 3.17. The van der Waals surface area contributed by atoms with Crippen molar-refractivity contribution in [1.29, 1.82) is 0 Å². The van der Waals surface area contributed by atoms with Gasteiger partial charge in [0.15, 0.2) is 0 Å². The molecule has 4 nitrogen and oxygen atoms in total. The Kier molecular flexibility index (Phi) is 7.13. The molecule has 0 heterocycles. The van der Waals surface area contributed by atoms with Crippen molar-refractivity contribution in [2.24, 2.45) is 0 Å². The van der Waals surface area contributed by atoms with Gasteiger partial charge in [-0.1, -0.05) is 6.92 Å². The number of hydrogen-bond acceptors (Lipinski definition) is 4. The molecule has 0 fully saturated rings. The summed E-state index contributed by atoms with van der Waals surface area (Å²) in [6, 6.07) is 0.382. The minimum atomic E-state index is -2.79. The zero-order valence-electron chi connectivity index (χ0n) is 10.3. The van der Waals surface area contributed by atoms with E-state index in [2.05, 4.69) is 10.2 Å². The molecule has 0 spiro atoms. The third-order valence-electron chi connectivity index (χ3n) is 2.44. The standard InChI is InChI=1S/C10H24N2O2S/c1-5-15(13,14)8-6-7-10(11-2)9-12(3)4/h10-11H,5-9H2,1-4H3. The van der Waals surface area contributed by atoms with E-state index in [-0.39, 0.29) is 5.75 Å². The van der Waals surface area contributed by atoms with E-state index in [4.69, 9.17) is 0 Å². The Hall–Kier alpha value is -0.130. The van der Waals surface area contributed by atoms with E-state index in [1.54, 1.807) is 6.92 Å². The fourth-order valence-corrected chi connectivity index (χ4v) is 2.36. The largest absolute Gasteiger partial charge is 0.316 e. The lowest BCUT2D eigenvalue weighted by Crippen LogP contribution is -2.36. The molecule has 1 unspecified atom stereocenters. The van der Waals surface area contributed by atoms with Crippen molar-refractivity contribution < 1.29 is 8.42 Å². The van der Waals surface area contributed by atoms with Crippen molar-refractivity contribution in [3.8, 4) is 0 Å². The lowest BCUT2D eigenvalue weighted by Gasteiger charge is -2.20. The van der Waals surface area contributed by atoms with Crippen molar-refractivity contribution in [3.05, 3.63) is 0 Å². The molecule has 0 saturated carbocycles. The van der Waals surface area contributed by atoms with Gasteiger partial charge in [-0.25, -0.2) is 8.42 Å². The number of rotatable bonds is 8. The van der Waals surface area contributed by atoms with E-state index in [0.717, 1.165) is 19.4 Å². The minimum Gasteiger partial charge on any atom is -0.316 e. The van der Waals surface area contributed by atoms with Crippen LogP contribution in [0.15, 0.2) is 0 Å². The molecule has 0 saturated heterocycles. The van der Waals surface area contributed by atoms with E-state index in [0.29, 0.717) is 11.8 Å². The topological polar surface area (TPSA) is 49.4 Å². The van der Waals surface area contributed by atoms with Crippen LogP contribution in [0.2, 0.25) is 0 Å². The summed E-state index contributed by atoms with van der Waals surface area (Å²) < 4.78 is 22.5.